The SMILES string of the molecule is COC(=O)N1C(=O)[C@H]2[C@H](CC=C3[C@H](c4cc(Cl)c(O)c(OC)c4)C4=C(C[C@H]32)C(=O)C(C)=CC4=O)C1=O. The Labute approximate surface area is 211 Å². The maximum absolute atomic E-state index is 13.3. The molecule has 1 heterocycles. The van der Waals surface area contributed by atoms with Crippen LogP contribution in [0.2, 0.25) is 5.02 Å². The van der Waals surface area contributed by atoms with Crippen LogP contribution in [-0.2, 0) is 23.9 Å². The lowest BCUT2D eigenvalue weighted by Crippen LogP contribution is -2.40. The fourth-order valence-electron chi connectivity index (χ4n) is 5.95. The lowest BCUT2D eigenvalue weighted by atomic mass is 9.59. The molecular weight excluding hydrogens is 490 g/mol. The van der Waals surface area contributed by atoms with Crippen molar-refractivity contribution in [1.82, 2.24) is 4.90 Å². The number of imide groups is 3. The van der Waals surface area contributed by atoms with E-state index in [1.807, 2.05) is 6.08 Å². The van der Waals surface area contributed by atoms with Crippen LogP contribution in [0, 0.1) is 17.8 Å². The van der Waals surface area contributed by atoms with Crippen molar-refractivity contribution in [3.63, 3.8) is 0 Å². The molecule has 0 spiro atoms. The van der Waals surface area contributed by atoms with E-state index in [1.54, 1.807) is 6.92 Å². The number of allylic oxidation sites excluding steroid dienone is 6. The number of carbonyl (C=O) groups is 5. The second-order valence-electron chi connectivity index (χ2n) is 9.26. The minimum absolute atomic E-state index is 0.00629. The van der Waals surface area contributed by atoms with Gasteiger partial charge in [0.1, 0.15) is 0 Å². The van der Waals surface area contributed by atoms with E-state index in [4.69, 9.17) is 16.3 Å². The lowest BCUT2D eigenvalue weighted by Gasteiger charge is -2.42. The Balaban J connectivity index is 1.71. The van der Waals surface area contributed by atoms with E-state index >= 15 is 0 Å². The van der Waals surface area contributed by atoms with Crippen molar-refractivity contribution in [3.8, 4) is 11.5 Å². The van der Waals surface area contributed by atoms with E-state index in [1.165, 1.54) is 25.3 Å². The van der Waals surface area contributed by atoms with Crippen LogP contribution in [0.5, 0.6) is 11.5 Å². The number of ketones is 2. The Bertz CT molecular complexity index is 1370. The molecule has 0 aromatic heterocycles. The minimum Gasteiger partial charge on any atom is -0.503 e. The summed E-state index contributed by atoms with van der Waals surface area (Å²) in [6.07, 6.45) is 2.30. The zero-order valence-electron chi connectivity index (χ0n) is 19.7. The first-order valence-corrected chi connectivity index (χ1v) is 11.7. The van der Waals surface area contributed by atoms with Crippen molar-refractivity contribution in [1.29, 1.82) is 0 Å². The Morgan fingerprint density at radius 3 is 2.50 bits per heavy atom. The summed E-state index contributed by atoms with van der Waals surface area (Å²) in [5, 5.41) is 10.3. The molecule has 10 heteroatoms. The number of methoxy groups -OCH3 is 2. The summed E-state index contributed by atoms with van der Waals surface area (Å²) in [6.45, 7) is 1.55. The molecule has 4 aliphatic rings. The molecule has 1 aromatic rings. The predicted octanol–water partition coefficient (Wildman–Crippen LogP) is 3.25. The van der Waals surface area contributed by atoms with Crippen LogP contribution < -0.4 is 4.74 Å². The van der Waals surface area contributed by atoms with Crippen LogP contribution in [-0.4, -0.2) is 53.7 Å². The van der Waals surface area contributed by atoms with E-state index in [0.29, 0.717) is 16.0 Å². The van der Waals surface area contributed by atoms with Gasteiger partial charge in [-0.3, -0.25) is 19.2 Å². The summed E-state index contributed by atoms with van der Waals surface area (Å²) >= 11 is 6.27. The van der Waals surface area contributed by atoms with Crippen molar-refractivity contribution in [3.05, 3.63) is 57.2 Å². The quantitative estimate of drug-likeness (QED) is 0.364. The number of hydrogen-bond acceptors (Lipinski definition) is 8. The summed E-state index contributed by atoms with van der Waals surface area (Å²) < 4.78 is 9.91. The molecule has 1 N–H and O–H groups in total. The average Bonchev–Trinajstić information content (AvgIpc) is 3.12. The number of benzene rings is 1. The molecule has 3 amide bonds. The van der Waals surface area contributed by atoms with Crippen LogP contribution in [0.15, 0.2) is 46.6 Å². The molecule has 9 nitrogen and oxygen atoms in total. The molecule has 3 aliphatic carbocycles. The standard InChI is InChI=1S/C26H22ClNO8/c1-10-6-17(29)21-15(22(10)30)9-14-12(19(21)11-7-16(27)23(31)18(8-11)35-2)4-5-13-20(14)25(33)28(24(13)32)26(34)36-3/h4,6-8,13-14,19-20,31H,5,9H2,1-3H3/t13-,14+,19-,20-/m0/s1. The summed E-state index contributed by atoms with van der Waals surface area (Å²) in [4.78, 5) is 65.5. The predicted molar refractivity (Wildman–Crippen MR) is 125 cm³/mol. The Kier molecular flexibility index (Phi) is 5.63. The van der Waals surface area contributed by atoms with Gasteiger partial charge in [-0.1, -0.05) is 23.3 Å². The van der Waals surface area contributed by atoms with Gasteiger partial charge in [0.2, 0.25) is 11.8 Å². The van der Waals surface area contributed by atoms with E-state index in [-0.39, 0.29) is 57.6 Å². The number of fused-ring (bicyclic) bond motifs is 3. The number of ether oxygens (including phenoxy) is 2. The zero-order chi connectivity index (χ0) is 26.0. The Morgan fingerprint density at radius 2 is 1.83 bits per heavy atom. The van der Waals surface area contributed by atoms with E-state index < -0.39 is 41.6 Å². The molecule has 0 bridgehead atoms. The van der Waals surface area contributed by atoms with Crippen molar-refractivity contribution < 1.29 is 38.6 Å². The molecule has 0 saturated carbocycles. The maximum atomic E-state index is 13.3. The Hall–Kier alpha value is -3.72. The van der Waals surface area contributed by atoms with E-state index in [0.717, 1.165) is 7.11 Å². The van der Waals surface area contributed by atoms with Crippen LogP contribution in [0.4, 0.5) is 4.79 Å². The number of Topliss-reactive ketones (excluding diaryl/α,β-unsaturated/α-hetero) is 1. The maximum Gasteiger partial charge on any atom is 0.423 e. The number of carbonyl (C=O) groups excluding carboxylic acids is 5. The second kappa shape index (κ2) is 8.44. The first-order chi connectivity index (χ1) is 17.1. The average molecular weight is 512 g/mol. The molecule has 5 rings (SSSR count). The smallest absolute Gasteiger partial charge is 0.423 e. The molecule has 0 unspecified atom stereocenters. The zero-order valence-corrected chi connectivity index (χ0v) is 20.4. The highest BCUT2D eigenvalue weighted by Gasteiger charge is 2.58. The van der Waals surface area contributed by atoms with Crippen molar-refractivity contribution in [2.75, 3.05) is 14.2 Å². The van der Waals surface area contributed by atoms with Gasteiger partial charge in [0.05, 0.1) is 31.1 Å². The van der Waals surface area contributed by atoms with Crippen LogP contribution >= 0.6 is 11.6 Å². The molecule has 1 aliphatic heterocycles. The normalized spacial score (nSPS) is 27.3. The largest absolute Gasteiger partial charge is 0.503 e. The van der Waals surface area contributed by atoms with E-state index in [9.17, 15) is 29.1 Å². The first kappa shape index (κ1) is 24.0. The van der Waals surface area contributed by atoms with Gasteiger partial charge in [0, 0.05) is 22.6 Å². The van der Waals surface area contributed by atoms with E-state index in [2.05, 4.69) is 4.74 Å². The molecule has 186 valence electrons. The Morgan fingerprint density at radius 1 is 1.11 bits per heavy atom. The van der Waals surface area contributed by atoms with Gasteiger partial charge < -0.3 is 14.6 Å². The highest BCUT2D eigenvalue weighted by molar-refractivity contribution is 6.32. The monoisotopic (exact) mass is 511 g/mol. The number of nitrogens with zero attached hydrogens (tertiary/aromatic N) is 1. The molecule has 4 atom stereocenters. The third-order valence-electron chi connectivity index (χ3n) is 7.52. The van der Waals surface area contributed by atoms with Gasteiger partial charge in [0.25, 0.3) is 0 Å². The number of phenolic OH excluding ortho intramolecular Hbond substituents is 1. The molecule has 36 heavy (non-hydrogen) atoms. The van der Waals surface area contributed by atoms with Gasteiger partial charge in [-0.25, -0.2) is 4.79 Å². The number of likely N-dealkylation sites (tertiary alicyclic amines) is 1. The fraction of sp³-hybridized carbons (Fsp3) is 0.346. The summed E-state index contributed by atoms with van der Waals surface area (Å²) in [7, 11) is 2.45. The minimum atomic E-state index is -1.05. The summed E-state index contributed by atoms with van der Waals surface area (Å²) in [6, 6.07) is 3.03. The number of amides is 3. The number of phenols is 1. The number of halogens is 1. The topological polar surface area (TPSA) is 127 Å². The molecule has 0 radical (unpaired) electrons. The number of hydrogen-bond donors (Lipinski definition) is 1. The van der Waals surface area contributed by atoms with Crippen molar-refractivity contribution in [2.45, 2.75) is 25.7 Å². The third-order valence-corrected chi connectivity index (χ3v) is 7.81. The molecule has 1 fully saturated rings. The third kappa shape index (κ3) is 3.26. The van der Waals surface area contributed by atoms with Crippen LogP contribution in [0.1, 0.15) is 31.2 Å². The van der Waals surface area contributed by atoms with Gasteiger partial charge >= 0.3 is 6.09 Å². The van der Waals surface area contributed by atoms with Gasteiger partial charge in [0.15, 0.2) is 23.1 Å². The van der Waals surface area contributed by atoms with Crippen molar-refractivity contribution >= 4 is 41.1 Å². The first-order valence-electron chi connectivity index (χ1n) is 11.3. The molecular formula is C26H22ClNO8. The number of rotatable bonds is 2. The van der Waals surface area contributed by atoms with Gasteiger partial charge in [-0.15, -0.1) is 0 Å². The molecule has 1 aromatic carbocycles. The van der Waals surface area contributed by atoms with Crippen LogP contribution in [0.25, 0.3) is 0 Å². The second-order valence-corrected chi connectivity index (χ2v) is 9.67. The number of aromatic hydroxyl groups is 1. The highest BCUT2D eigenvalue weighted by atomic mass is 35.5. The summed E-state index contributed by atoms with van der Waals surface area (Å²) in [5.74, 6) is -5.19. The van der Waals surface area contributed by atoms with Gasteiger partial charge in [-0.05, 0) is 49.5 Å². The lowest BCUT2D eigenvalue weighted by molar-refractivity contribution is -0.137. The van der Waals surface area contributed by atoms with Gasteiger partial charge in [-0.2, -0.15) is 4.90 Å². The summed E-state index contributed by atoms with van der Waals surface area (Å²) in [5.41, 5.74) is 2.00. The van der Waals surface area contributed by atoms with Crippen molar-refractivity contribution in [2.24, 2.45) is 17.8 Å². The fourth-order valence-corrected chi connectivity index (χ4v) is 6.17. The molecule has 1 saturated heterocycles. The highest BCUT2D eigenvalue weighted by Crippen LogP contribution is 2.56. The van der Waals surface area contributed by atoms with Crippen LogP contribution in [0.3, 0.4) is 0 Å².